The van der Waals surface area contributed by atoms with Crippen molar-refractivity contribution in [2.75, 3.05) is 4.90 Å². The van der Waals surface area contributed by atoms with Crippen LogP contribution in [-0.2, 0) is 0 Å². The van der Waals surface area contributed by atoms with E-state index in [1.54, 1.807) is 0 Å². The summed E-state index contributed by atoms with van der Waals surface area (Å²) >= 11 is 0. The molecule has 0 N–H and O–H groups in total. The highest BCUT2D eigenvalue weighted by molar-refractivity contribution is 5.80. The minimum Gasteiger partial charge on any atom is -0.321 e. The number of hydrogen-bond acceptors (Lipinski definition) is 1. The van der Waals surface area contributed by atoms with Crippen molar-refractivity contribution in [1.29, 1.82) is 0 Å². The molecule has 5 aliphatic rings. The molecule has 0 aliphatic heterocycles. The molecule has 0 saturated carbocycles. The quantitative estimate of drug-likeness (QED) is 0.186. The average Bonchev–Trinajstić information content (AvgIpc) is 3.22. The molecule has 5 aliphatic carbocycles. The Labute approximate surface area is 320 Å². The predicted molar refractivity (Wildman–Crippen MR) is 231 cm³/mol. The summed E-state index contributed by atoms with van der Waals surface area (Å²) in [5.41, 5.74) is 14.9. The fourth-order valence-corrected chi connectivity index (χ4v) is 8.32. The molecule has 0 fully saturated rings. The molecule has 1 heteroatoms. The minimum absolute atomic E-state index is 0.312. The van der Waals surface area contributed by atoms with Crippen molar-refractivity contribution in [3.63, 3.8) is 0 Å². The Morgan fingerprint density at radius 1 is 0.774 bits per heavy atom. The predicted octanol–water partition coefficient (Wildman–Crippen LogP) is 14.8. The van der Waals surface area contributed by atoms with E-state index in [-0.39, 0.29) is 0 Å². The monoisotopic (exact) mass is 695 g/mol. The summed E-state index contributed by atoms with van der Waals surface area (Å²) in [6.45, 7) is 7.15. The van der Waals surface area contributed by atoms with Crippen LogP contribution in [0.15, 0.2) is 180 Å². The van der Waals surface area contributed by atoms with Gasteiger partial charge in [-0.2, -0.15) is 0 Å². The molecular formula is C52H57N. The van der Waals surface area contributed by atoms with E-state index in [0.717, 1.165) is 64.2 Å². The number of nitrogens with zero attached hydrogens (tertiary/aromatic N) is 1. The van der Waals surface area contributed by atoms with Crippen LogP contribution in [0.4, 0.5) is 5.69 Å². The molecule has 0 saturated heterocycles. The summed E-state index contributed by atoms with van der Waals surface area (Å²) in [5.74, 6) is 1.17. The van der Waals surface area contributed by atoms with Gasteiger partial charge in [-0.25, -0.2) is 0 Å². The van der Waals surface area contributed by atoms with E-state index in [2.05, 4.69) is 178 Å². The molecule has 2 aromatic rings. The van der Waals surface area contributed by atoms with Crippen molar-refractivity contribution >= 4 is 11.3 Å². The SMILES string of the molecule is CC/C(=C\C=C\N(/C1=C/C2=C(C=CCC2)C/C=C\C[C@@H](C)[C@@H]1C)c1ccc(-c2cccc(C3=CCCC=C3)c2)c(C2C=CC=CC2)c1)C1=CCCC=C1. The van der Waals surface area contributed by atoms with Crippen LogP contribution in [0, 0.1) is 11.8 Å². The summed E-state index contributed by atoms with van der Waals surface area (Å²) in [7, 11) is 0. The Balaban J connectivity index is 1.38. The number of anilines is 1. The average molecular weight is 696 g/mol. The molecule has 1 unspecified atom stereocenters. The molecule has 0 heterocycles. The standard InChI is InChI=1S/C52H57N/c1-4-41(42-21-8-5-9-22-42)32-19-35-53(52-37-47-29-17-16-26-44(47)25-15-14-20-39(2)40(52)3)49-33-34-50(51(38-49)45-27-12-7-13-28-45)48-31-18-30-46(36-48)43-23-10-6-11-24-43/h7-8,10,12-16,18-19,21-24,26-27,30-40,45H,4-6,9,11,17,20,25,28-29H2,1-3H3/b15-14-,35-19+,41-32+,52-37+/t39-,40+,45?/m1/s1. The molecule has 270 valence electrons. The Kier molecular flexibility index (Phi) is 12.2. The van der Waals surface area contributed by atoms with E-state index in [0.29, 0.717) is 17.8 Å². The van der Waals surface area contributed by atoms with E-state index in [4.69, 9.17) is 0 Å². The first-order valence-electron chi connectivity index (χ1n) is 20.3. The molecule has 53 heavy (non-hydrogen) atoms. The van der Waals surface area contributed by atoms with Crippen LogP contribution >= 0.6 is 0 Å². The van der Waals surface area contributed by atoms with Gasteiger partial charge in [-0.1, -0.05) is 136 Å². The van der Waals surface area contributed by atoms with Crippen LogP contribution in [0.1, 0.15) is 102 Å². The number of hydrogen-bond donors (Lipinski definition) is 0. The molecule has 0 spiro atoms. The minimum atomic E-state index is 0.312. The van der Waals surface area contributed by atoms with Crippen LogP contribution in [0.25, 0.3) is 16.7 Å². The largest absolute Gasteiger partial charge is 0.321 e. The lowest BCUT2D eigenvalue weighted by molar-refractivity contribution is 0.438. The van der Waals surface area contributed by atoms with Crippen molar-refractivity contribution in [2.45, 2.75) is 90.9 Å². The summed E-state index contributed by atoms with van der Waals surface area (Å²) < 4.78 is 0. The van der Waals surface area contributed by atoms with Gasteiger partial charge in [-0.05, 0) is 157 Å². The van der Waals surface area contributed by atoms with E-state index in [1.165, 1.54) is 61.5 Å². The highest BCUT2D eigenvalue weighted by Crippen LogP contribution is 2.41. The molecule has 0 bridgehead atoms. The second kappa shape index (κ2) is 17.8. The molecule has 0 amide bonds. The first-order valence-corrected chi connectivity index (χ1v) is 20.3. The third-order valence-electron chi connectivity index (χ3n) is 11.7. The zero-order valence-corrected chi connectivity index (χ0v) is 32.2. The van der Waals surface area contributed by atoms with Crippen molar-refractivity contribution < 1.29 is 0 Å². The molecule has 2 aromatic carbocycles. The van der Waals surface area contributed by atoms with Gasteiger partial charge in [0.15, 0.2) is 0 Å². The summed E-state index contributed by atoms with van der Waals surface area (Å²) in [6.07, 6.45) is 53.1. The fraction of sp³-hybridized carbons (Fsp3) is 0.308. The van der Waals surface area contributed by atoms with Gasteiger partial charge in [-0.3, -0.25) is 0 Å². The summed E-state index contributed by atoms with van der Waals surface area (Å²) in [4.78, 5) is 2.54. The van der Waals surface area contributed by atoms with Gasteiger partial charge in [-0.15, -0.1) is 0 Å². The van der Waals surface area contributed by atoms with Crippen LogP contribution in [0.3, 0.4) is 0 Å². The lowest BCUT2D eigenvalue weighted by atomic mass is 9.84. The van der Waals surface area contributed by atoms with Crippen molar-refractivity contribution in [3.8, 4) is 11.1 Å². The maximum atomic E-state index is 2.56. The zero-order chi connectivity index (χ0) is 36.4. The van der Waals surface area contributed by atoms with Crippen LogP contribution in [0.5, 0.6) is 0 Å². The third kappa shape index (κ3) is 8.85. The first kappa shape index (κ1) is 36.5. The second-order valence-electron chi connectivity index (χ2n) is 15.3. The van der Waals surface area contributed by atoms with Crippen LogP contribution in [0.2, 0.25) is 0 Å². The van der Waals surface area contributed by atoms with Gasteiger partial charge in [0.25, 0.3) is 0 Å². The van der Waals surface area contributed by atoms with Gasteiger partial charge in [0.1, 0.15) is 0 Å². The van der Waals surface area contributed by atoms with E-state index in [9.17, 15) is 0 Å². The number of rotatable bonds is 9. The normalized spacial score (nSPS) is 24.8. The van der Waals surface area contributed by atoms with E-state index < -0.39 is 0 Å². The van der Waals surface area contributed by atoms with Gasteiger partial charge in [0, 0.05) is 23.5 Å². The lowest BCUT2D eigenvalue weighted by Gasteiger charge is -2.33. The highest BCUT2D eigenvalue weighted by Gasteiger charge is 2.25. The number of benzene rings is 2. The molecule has 3 atom stereocenters. The van der Waals surface area contributed by atoms with Crippen molar-refractivity contribution in [2.24, 2.45) is 11.8 Å². The molecular weight excluding hydrogens is 639 g/mol. The summed E-state index contributed by atoms with van der Waals surface area (Å²) in [6, 6.07) is 16.5. The molecule has 0 radical (unpaired) electrons. The Bertz CT molecular complexity index is 2020. The fourth-order valence-electron chi connectivity index (χ4n) is 8.32. The van der Waals surface area contributed by atoms with Gasteiger partial charge in [0.05, 0.1) is 0 Å². The first-order chi connectivity index (χ1) is 26.1. The maximum Gasteiger partial charge on any atom is 0.0455 e. The van der Waals surface area contributed by atoms with Gasteiger partial charge in [0.2, 0.25) is 0 Å². The summed E-state index contributed by atoms with van der Waals surface area (Å²) in [5, 5.41) is 0. The Morgan fingerprint density at radius 3 is 2.42 bits per heavy atom. The van der Waals surface area contributed by atoms with Crippen molar-refractivity contribution in [1.82, 2.24) is 0 Å². The smallest absolute Gasteiger partial charge is 0.0455 e. The Hall–Kier alpha value is -4.88. The molecule has 1 nitrogen and oxygen atoms in total. The van der Waals surface area contributed by atoms with E-state index >= 15 is 0 Å². The molecule has 7 rings (SSSR count). The van der Waals surface area contributed by atoms with Gasteiger partial charge < -0.3 is 4.90 Å². The highest BCUT2D eigenvalue weighted by atomic mass is 15.1. The van der Waals surface area contributed by atoms with Crippen LogP contribution in [-0.4, -0.2) is 0 Å². The molecule has 0 aromatic heterocycles. The Morgan fingerprint density at radius 2 is 1.62 bits per heavy atom. The topological polar surface area (TPSA) is 3.24 Å². The number of allylic oxidation sites excluding steroid dienone is 23. The maximum absolute atomic E-state index is 2.56. The zero-order valence-electron chi connectivity index (χ0n) is 32.2. The third-order valence-corrected chi connectivity index (χ3v) is 11.7. The van der Waals surface area contributed by atoms with Gasteiger partial charge >= 0.3 is 0 Å². The van der Waals surface area contributed by atoms with Crippen LogP contribution < -0.4 is 4.90 Å². The lowest BCUT2D eigenvalue weighted by Crippen LogP contribution is -2.25. The van der Waals surface area contributed by atoms with Crippen molar-refractivity contribution in [3.05, 3.63) is 191 Å². The van der Waals surface area contributed by atoms with E-state index in [1.807, 2.05) is 0 Å². The second-order valence-corrected chi connectivity index (χ2v) is 15.3.